The van der Waals surface area contributed by atoms with Crippen molar-refractivity contribution in [2.24, 2.45) is 0 Å². The van der Waals surface area contributed by atoms with Crippen molar-refractivity contribution in [3.05, 3.63) is 96.5 Å². The van der Waals surface area contributed by atoms with E-state index in [2.05, 4.69) is 26.2 Å². The lowest BCUT2D eigenvalue weighted by atomic mass is 10.1. The maximum Gasteiger partial charge on any atom is 0.257 e. The van der Waals surface area contributed by atoms with E-state index in [1.54, 1.807) is 13.3 Å². The zero-order valence-electron chi connectivity index (χ0n) is 20.8. The Kier molecular flexibility index (Phi) is 7.67. The molecule has 2 aromatic heterocycles. The molecule has 4 aromatic rings. The number of methoxy groups -OCH3 is 1. The van der Waals surface area contributed by atoms with E-state index in [0.29, 0.717) is 24.4 Å². The second kappa shape index (κ2) is 11.5. The Labute approximate surface area is 221 Å². The van der Waals surface area contributed by atoms with E-state index >= 15 is 0 Å². The summed E-state index contributed by atoms with van der Waals surface area (Å²) in [7, 11) is 1.60. The minimum atomic E-state index is -0.0152. The molecule has 1 fully saturated rings. The van der Waals surface area contributed by atoms with Crippen LogP contribution >= 0.6 is 11.9 Å². The highest BCUT2D eigenvalue weighted by Crippen LogP contribution is 2.31. The Hall–Kier alpha value is -3.88. The number of pyridine rings is 2. The minimum absolute atomic E-state index is 0.0152. The Balaban J connectivity index is 1.22. The van der Waals surface area contributed by atoms with Crippen molar-refractivity contribution in [2.75, 3.05) is 38.0 Å². The number of ether oxygens (including phenoxy) is 1. The van der Waals surface area contributed by atoms with Gasteiger partial charge in [0.2, 0.25) is 0 Å². The first-order valence-corrected chi connectivity index (χ1v) is 13.0. The van der Waals surface area contributed by atoms with Gasteiger partial charge >= 0.3 is 0 Å². The van der Waals surface area contributed by atoms with E-state index in [0.717, 1.165) is 52.4 Å². The predicted octanol–water partition coefficient (Wildman–Crippen LogP) is 5.36. The van der Waals surface area contributed by atoms with E-state index in [1.165, 1.54) is 11.9 Å². The molecule has 1 amide bonds. The lowest BCUT2D eigenvalue weighted by Crippen LogP contribution is -2.48. The molecule has 0 aliphatic carbocycles. The molecule has 8 heteroatoms. The monoisotopic (exact) mass is 511 g/mol. The number of para-hydroxylation sites is 1. The minimum Gasteiger partial charge on any atom is -0.496 e. The molecular weight excluding hydrogens is 482 g/mol. The van der Waals surface area contributed by atoms with Crippen LogP contribution < -0.4 is 9.46 Å². The molecule has 0 radical (unpaired) electrons. The van der Waals surface area contributed by atoms with Crippen LogP contribution in [-0.2, 0) is 6.54 Å². The molecule has 1 aliphatic heterocycles. The first kappa shape index (κ1) is 24.8. The molecule has 3 heterocycles. The third-order valence-corrected chi connectivity index (χ3v) is 7.37. The standard InChI is InChI=1S/C29H29N5O2S/c1-3-21-8-5-13-30-25(21)20-33-15-17-34(18-16-33)29(35)24-12-11-23(19-26(24)36-2)32-37-27-10-4-7-22-9-6-14-31-28(22)27/h3-14,19,32H,1,15-18,20H2,2H3. The fourth-order valence-corrected chi connectivity index (χ4v) is 5.23. The molecule has 7 nitrogen and oxygen atoms in total. The second-order valence-electron chi connectivity index (χ2n) is 8.76. The Morgan fingerprint density at radius 1 is 1.05 bits per heavy atom. The van der Waals surface area contributed by atoms with Gasteiger partial charge in [0.1, 0.15) is 5.75 Å². The number of carbonyl (C=O) groups excluding carboxylic acids is 1. The molecular formula is C29H29N5O2S. The highest BCUT2D eigenvalue weighted by molar-refractivity contribution is 8.00. The molecule has 2 aromatic carbocycles. The summed E-state index contributed by atoms with van der Waals surface area (Å²) in [6, 6.07) is 19.6. The average molecular weight is 512 g/mol. The normalized spacial score (nSPS) is 13.9. The smallest absolute Gasteiger partial charge is 0.257 e. The molecule has 37 heavy (non-hydrogen) atoms. The van der Waals surface area contributed by atoms with Gasteiger partial charge in [-0.3, -0.25) is 19.7 Å². The average Bonchev–Trinajstić information content (AvgIpc) is 2.96. The van der Waals surface area contributed by atoms with Gasteiger partial charge in [0.25, 0.3) is 5.91 Å². The number of carbonyl (C=O) groups is 1. The summed E-state index contributed by atoms with van der Waals surface area (Å²) in [5, 5.41) is 1.09. The van der Waals surface area contributed by atoms with Crippen LogP contribution in [0.25, 0.3) is 17.0 Å². The molecule has 0 spiro atoms. The van der Waals surface area contributed by atoms with Gasteiger partial charge in [-0.2, -0.15) is 0 Å². The Morgan fingerprint density at radius 3 is 2.65 bits per heavy atom. The summed E-state index contributed by atoms with van der Waals surface area (Å²) < 4.78 is 8.97. The number of piperazine rings is 1. The number of anilines is 1. The van der Waals surface area contributed by atoms with Crippen molar-refractivity contribution < 1.29 is 9.53 Å². The van der Waals surface area contributed by atoms with Crippen molar-refractivity contribution >= 4 is 40.5 Å². The van der Waals surface area contributed by atoms with E-state index in [-0.39, 0.29) is 5.91 Å². The van der Waals surface area contributed by atoms with Gasteiger partial charge in [0.05, 0.1) is 28.8 Å². The van der Waals surface area contributed by atoms with Crippen molar-refractivity contribution in [1.29, 1.82) is 0 Å². The van der Waals surface area contributed by atoms with Gasteiger partial charge in [0, 0.05) is 62.3 Å². The summed E-state index contributed by atoms with van der Waals surface area (Å²) in [6.45, 7) is 7.52. The first-order valence-electron chi connectivity index (χ1n) is 12.2. The van der Waals surface area contributed by atoms with Crippen LogP contribution in [0.15, 0.2) is 84.5 Å². The number of aromatic nitrogens is 2. The van der Waals surface area contributed by atoms with E-state index < -0.39 is 0 Å². The summed E-state index contributed by atoms with van der Waals surface area (Å²) in [5.74, 6) is 0.539. The van der Waals surface area contributed by atoms with Crippen LogP contribution in [0.4, 0.5) is 5.69 Å². The topological polar surface area (TPSA) is 70.6 Å². The molecule has 5 rings (SSSR count). The maximum atomic E-state index is 13.3. The van der Waals surface area contributed by atoms with Gasteiger partial charge in [0.15, 0.2) is 0 Å². The third kappa shape index (κ3) is 5.60. The highest BCUT2D eigenvalue weighted by atomic mass is 32.2. The number of amides is 1. The molecule has 1 saturated heterocycles. The van der Waals surface area contributed by atoms with E-state index in [1.807, 2.05) is 77.8 Å². The van der Waals surface area contributed by atoms with Crippen LogP contribution in [0.3, 0.4) is 0 Å². The van der Waals surface area contributed by atoms with Crippen LogP contribution in [0.5, 0.6) is 5.75 Å². The molecule has 0 unspecified atom stereocenters. The number of fused-ring (bicyclic) bond motifs is 1. The fourth-order valence-electron chi connectivity index (χ4n) is 4.46. The van der Waals surface area contributed by atoms with E-state index in [9.17, 15) is 4.79 Å². The number of rotatable bonds is 8. The van der Waals surface area contributed by atoms with Crippen molar-refractivity contribution in [1.82, 2.24) is 19.8 Å². The number of hydrogen-bond acceptors (Lipinski definition) is 7. The zero-order valence-corrected chi connectivity index (χ0v) is 21.6. The van der Waals surface area contributed by atoms with Crippen LogP contribution in [0, 0.1) is 0 Å². The van der Waals surface area contributed by atoms with Crippen LogP contribution in [0.1, 0.15) is 21.6 Å². The lowest BCUT2D eigenvalue weighted by Gasteiger charge is -2.35. The van der Waals surface area contributed by atoms with E-state index in [4.69, 9.17) is 4.74 Å². The summed E-state index contributed by atoms with van der Waals surface area (Å²) in [4.78, 5) is 27.6. The lowest BCUT2D eigenvalue weighted by molar-refractivity contribution is 0.0624. The zero-order chi connectivity index (χ0) is 25.6. The number of hydrogen-bond donors (Lipinski definition) is 1. The summed E-state index contributed by atoms with van der Waals surface area (Å²) >= 11 is 1.49. The van der Waals surface area contributed by atoms with Gasteiger partial charge in [-0.05, 0) is 47.8 Å². The van der Waals surface area contributed by atoms with Gasteiger partial charge < -0.3 is 14.4 Å². The quantitative estimate of drug-likeness (QED) is 0.320. The third-order valence-electron chi connectivity index (χ3n) is 6.48. The summed E-state index contributed by atoms with van der Waals surface area (Å²) in [5.41, 5.74) is 4.43. The van der Waals surface area contributed by atoms with Crippen molar-refractivity contribution in [3.63, 3.8) is 0 Å². The number of nitrogens with one attached hydrogen (secondary N) is 1. The first-order chi connectivity index (χ1) is 18.2. The van der Waals surface area contributed by atoms with Gasteiger partial charge in [-0.1, -0.05) is 36.9 Å². The predicted molar refractivity (Wildman–Crippen MR) is 150 cm³/mol. The molecule has 0 bridgehead atoms. The van der Waals surface area contributed by atoms with Crippen LogP contribution in [-0.4, -0.2) is 59.0 Å². The second-order valence-corrected chi connectivity index (χ2v) is 9.61. The highest BCUT2D eigenvalue weighted by Gasteiger charge is 2.25. The maximum absolute atomic E-state index is 13.3. The number of nitrogens with zero attached hydrogens (tertiary/aromatic N) is 4. The molecule has 188 valence electrons. The molecule has 0 atom stereocenters. The fraction of sp³-hybridized carbons (Fsp3) is 0.207. The summed E-state index contributed by atoms with van der Waals surface area (Å²) in [6.07, 6.45) is 5.45. The van der Waals surface area contributed by atoms with Crippen molar-refractivity contribution in [3.8, 4) is 5.75 Å². The largest absolute Gasteiger partial charge is 0.496 e. The molecule has 1 N–H and O–H groups in total. The Bertz CT molecular complexity index is 1410. The molecule has 0 saturated carbocycles. The Morgan fingerprint density at radius 2 is 1.84 bits per heavy atom. The van der Waals surface area contributed by atoms with Gasteiger partial charge in [-0.15, -0.1) is 0 Å². The molecule has 1 aliphatic rings. The van der Waals surface area contributed by atoms with Crippen LogP contribution in [0.2, 0.25) is 0 Å². The van der Waals surface area contributed by atoms with Gasteiger partial charge in [-0.25, -0.2) is 0 Å². The van der Waals surface area contributed by atoms with Crippen molar-refractivity contribution in [2.45, 2.75) is 11.4 Å². The SMILES string of the molecule is C=Cc1cccnc1CN1CCN(C(=O)c2ccc(NSc3cccc4cccnc34)cc2OC)CC1. The number of benzene rings is 2.